The lowest BCUT2D eigenvalue weighted by atomic mass is 10.1. The molecular weight excluding hydrogens is 479 g/mol. The second-order valence-corrected chi connectivity index (χ2v) is 17.3. The van der Waals surface area contributed by atoms with Gasteiger partial charge in [-0.3, -0.25) is 4.90 Å². The van der Waals surface area contributed by atoms with Crippen molar-refractivity contribution in [3.8, 4) is 0 Å². The standard InChI is InChI=1S/C21H38F3NO6SSi/c1-14(2)33(15(3)4,16(5)6)29-13-17-12-18(31-32(27,28)21(22,23)24)10-11-25(17)19(26)30-20(7,8)9/h10,14-17H,11-13H2,1-9H3. The Hall–Kier alpha value is -1.27. The van der Waals surface area contributed by atoms with Crippen molar-refractivity contribution in [3.05, 3.63) is 11.8 Å². The van der Waals surface area contributed by atoms with E-state index < -0.39 is 41.7 Å². The number of rotatable bonds is 8. The highest BCUT2D eigenvalue weighted by atomic mass is 32.2. The number of ether oxygens (including phenoxy) is 1. The van der Waals surface area contributed by atoms with Gasteiger partial charge in [-0.2, -0.15) is 21.6 Å². The van der Waals surface area contributed by atoms with Gasteiger partial charge in [-0.15, -0.1) is 0 Å². The first-order valence-corrected chi connectivity index (χ1v) is 14.6. The van der Waals surface area contributed by atoms with E-state index in [-0.39, 0.29) is 42.0 Å². The first kappa shape index (κ1) is 29.8. The van der Waals surface area contributed by atoms with Crippen LogP contribution in [0.2, 0.25) is 16.6 Å². The highest BCUT2D eigenvalue weighted by Gasteiger charge is 2.50. The van der Waals surface area contributed by atoms with Crippen LogP contribution in [0.5, 0.6) is 0 Å². The number of alkyl halides is 3. The van der Waals surface area contributed by atoms with E-state index in [2.05, 4.69) is 45.7 Å². The van der Waals surface area contributed by atoms with Crippen LogP contribution in [0.15, 0.2) is 11.8 Å². The van der Waals surface area contributed by atoms with Crippen LogP contribution in [-0.4, -0.2) is 58.0 Å². The largest absolute Gasteiger partial charge is 0.534 e. The molecule has 1 rings (SSSR count). The second-order valence-electron chi connectivity index (χ2n) is 10.3. The summed E-state index contributed by atoms with van der Waals surface area (Å²) in [5, 5.41) is 0. The monoisotopic (exact) mass is 517 g/mol. The SMILES string of the molecule is CC(C)[Si](OCC1CC(OS(=O)(=O)C(F)(F)F)=CCN1C(=O)OC(C)(C)C)(C(C)C)C(C)C. The summed E-state index contributed by atoms with van der Waals surface area (Å²) in [5.41, 5.74) is -5.60. The Morgan fingerprint density at radius 3 is 1.97 bits per heavy atom. The van der Waals surface area contributed by atoms with Crippen LogP contribution in [0.4, 0.5) is 18.0 Å². The lowest BCUT2D eigenvalue weighted by Gasteiger charge is -2.44. The van der Waals surface area contributed by atoms with Crippen LogP contribution >= 0.6 is 0 Å². The Kier molecular flexibility index (Phi) is 9.52. The maximum absolute atomic E-state index is 12.8. The topological polar surface area (TPSA) is 82.1 Å². The number of amides is 1. The van der Waals surface area contributed by atoms with Crippen molar-refractivity contribution < 1.29 is 39.7 Å². The molecular formula is C21H38F3NO6SSi. The number of nitrogens with zero attached hydrogens (tertiary/aromatic N) is 1. The van der Waals surface area contributed by atoms with Gasteiger partial charge in [-0.25, -0.2) is 4.79 Å². The van der Waals surface area contributed by atoms with Crippen LogP contribution < -0.4 is 0 Å². The fraction of sp³-hybridized carbons (Fsp3) is 0.857. The van der Waals surface area contributed by atoms with Crippen molar-refractivity contribution in [2.24, 2.45) is 0 Å². The fourth-order valence-electron chi connectivity index (χ4n) is 4.46. The minimum Gasteiger partial charge on any atom is -0.444 e. The van der Waals surface area contributed by atoms with Gasteiger partial charge in [0.2, 0.25) is 0 Å². The molecule has 1 atom stereocenters. The van der Waals surface area contributed by atoms with Crippen molar-refractivity contribution >= 4 is 24.5 Å². The number of hydrogen-bond acceptors (Lipinski definition) is 6. The quantitative estimate of drug-likeness (QED) is 0.225. The molecule has 33 heavy (non-hydrogen) atoms. The van der Waals surface area contributed by atoms with Crippen molar-refractivity contribution in [3.63, 3.8) is 0 Å². The zero-order valence-electron chi connectivity index (χ0n) is 20.9. The van der Waals surface area contributed by atoms with Crippen LogP contribution in [0.25, 0.3) is 0 Å². The van der Waals surface area contributed by atoms with E-state index in [1.54, 1.807) is 20.8 Å². The summed E-state index contributed by atoms with van der Waals surface area (Å²) in [5.74, 6) is -0.369. The summed E-state index contributed by atoms with van der Waals surface area (Å²) >= 11 is 0. The molecule has 1 heterocycles. The predicted molar refractivity (Wildman–Crippen MR) is 122 cm³/mol. The maximum Gasteiger partial charge on any atom is 0.534 e. The highest BCUT2D eigenvalue weighted by molar-refractivity contribution is 7.87. The summed E-state index contributed by atoms with van der Waals surface area (Å²) in [6.07, 6.45) is 0.255. The summed E-state index contributed by atoms with van der Waals surface area (Å²) in [6.45, 7) is 17.5. The Bertz CT molecular complexity index is 797. The minimum absolute atomic E-state index is 0.0345. The van der Waals surface area contributed by atoms with Crippen LogP contribution in [0.3, 0.4) is 0 Å². The van der Waals surface area contributed by atoms with E-state index in [0.29, 0.717) is 0 Å². The molecule has 1 unspecified atom stereocenters. The molecule has 194 valence electrons. The molecule has 12 heteroatoms. The van der Waals surface area contributed by atoms with Crippen LogP contribution in [0, 0.1) is 0 Å². The smallest absolute Gasteiger partial charge is 0.444 e. The molecule has 0 aliphatic carbocycles. The third-order valence-corrected chi connectivity index (χ3v) is 12.8. The Morgan fingerprint density at radius 2 is 1.58 bits per heavy atom. The molecule has 0 fully saturated rings. The number of halogens is 3. The molecule has 1 amide bonds. The van der Waals surface area contributed by atoms with Gasteiger partial charge in [0.1, 0.15) is 11.4 Å². The molecule has 7 nitrogen and oxygen atoms in total. The van der Waals surface area contributed by atoms with Crippen LogP contribution in [0.1, 0.15) is 68.7 Å². The van der Waals surface area contributed by atoms with Crippen LogP contribution in [-0.2, 0) is 23.5 Å². The normalized spacial score (nSPS) is 18.7. The Labute approximate surface area is 196 Å². The number of carbonyl (C=O) groups excluding carboxylic acids is 1. The second kappa shape index (κ2) is 10.6. The Morgan fingerprint density at radius 1 is 1.09 bits per heavy atom. The van der Waals surface area contributed by atoms with E-state index >= 15 is 0 Å². The van der Waals surface area contributed by atoms with E-state index in [1.165, 1.54) is 4.90 Å². The van der Waals surface area contributed by atoms with Crippen molar-refractivity contribution in [2.45, 2.75) is 103 Å². The minimum atomic E-state index is -5.81. The lowest BCUT2D eigenvalue weighted by molar-refractivity contribution is -0.0529. The Balaban J connectivity index is 3.25. The van der Waals surface area contributed by atoms with Gasteiger partial charge in [0.25, 0.3) is 0 Å². The number of hydrogen-bond donors (Lipinski definition) is 0. The molecule has 0 radical (unpaired) electrons. The predicted octanol–water partition coefficient (Wildman–Crippen LogP) is 5.94. The zero-order chi connectivity index (χ0) is 26.0. The first-order chi connectivity index (χ1) is 14.7. The zero-order valence-corrected chi connectivity index (χ0v) is 22.8. The lowest BCUT2D eigenvalue weighted by Crippen LogP contribution is -2.53. The van der Waals surface area contributed by atoms with Gasteiger partial charge in [0.15, 0.2) is 8.32 Å². The summed E-state index contributed by atoms with van der Waals surface area (Å²) in [6, 6.07) is -0.744. The van der Waals surface area contributed by atoms with Crippen molar-refractivity contribution in [2.75, 3.05) is 13.2 Å². The molecule has 0 aromatic rings. The van der Waals surface area contributed by atoms with Crippen molar-refractivity contribution in [1.29, 1.82) is 0 Å². The summed E-state index contributed by atoms with van der Waals surface area (Å²) < 4.78 is 77.8. The summed E-state index contributed by atoms with van der Waals surface area (Å²) in [4.78, 5) is 14.1. The van der Waals surface area contributed by atoms with Gasteiger partial charge in [0.05, 0.1) is 12.6 Å². The van der Waals surface area contributed by atoms with Gasteiger partial charge in [0, 0.05) is 13.0 Å². The highest BCUT2D eigenvalue weighted by Crippen LogP contribution is 2.43. The molecule has 0 saturated carbocycles. The van der Waals surface area contributed by atoms with Gasteiger partial charge >= 0.3 is 21.7 Å². The fourth-order valence-corrected chi connectivity index (χ4v) is 10.5. The van der Waals surface area contributed by atoms with E-state index in [9.17, 15) is 26.4 Å². The van der Waals surface area contributed by atoms with Gasteiger partial charge < -0.3 is 13.3 Å². The van der Waals surface area contributed by atoms with E-state index in [1.807, 2.05) is 0 Å². The average Bonchev–Trinajstić information content (AvgIpc) is 2.58. The molecule has 0 aromatic carbocycles. The molecule has 1 aliphatic heterocycles. The average molecular weight is 518 g/mol. The maximum atomic E-state index is 12.8. The summed E-state index contributed by atoms with van der Waals surface area (Å²) in [7, 11) is -8.16. The van der Waals surface area contributed by atoms with Gasteiger partial charge in [-0.05, 0) is 43.5 Å². The third-order valence-electron chi connectivity index (χ3n) is 5.75. The van der Waals surface area contributed by atoms with E-state index in [4.69, 9.17) is 9.16 Å². The first-order valence-electron chi connectivity index (χ1n) is 11.1. The molecule has 0 bridgehead atoms. The molecule has 1 aliphatic rings. The molecule has 0 aromatic heterocycles. The number of carbonyl (C=O) groups is 1. The van der Waals surface area contributed by atoms with Crippen molar-refractivity contribution in [1.82, 2.24) is 4.90 Å². The molecule has 0 N–H and O–H groups in total. The van der Waals surface area contributed by atoms with Gasteiger partial charge in [-0.1, -0.05) is 41.5 Å². The molecule has 0 spiro atoms. The van der Waals surface area contributed by atoms with E-state index in [0.717, 1.165) is 6.08 Å². The molecule has 0 saturated heterocycles. The third kappa shape index (κ3) is 7.35.